The van der Waals surface area contributed by atoms with Crippen LogP contribution in [0.2, 0.25) is 0 Å². The number of rotatable bonds is 5. The third-order valence-corrected chi connectivity index (χ3v) is 4.68. The third-order valence-electron chi connectivity index (χ3n) is 4.68. The summed E-state index contributed by atoms with van der Waals surface area (Å²) in [5.41, 5.74) is 1.10. The van der Waals surface area contributed by atoms with Gasteiger partial charge in [-0.3, -0.25) is 0 Å². The van der Waals surface area contributed by atoms with Crippen molar-refractivity contribution in [1.29, 1.82) is 0 Å². The lowest BCUT2D eigenvalue weighted by Gasteiger charge is -2.25. The van der Waals surface area contributed by atoms with Gasteiger partial charge in [0.05, 0.1) is 6.61 Å². The molecule has 0 atom stereocenters. The molecule has 2 nitrogen and oxygen atoms in total. The number of benzene rings is 1. The summed E-state index contributed by atoms with van der Waals surface area (Å²) in [6.45, 7) is 2.86. The summed E-state index contributed by atoms with van der Waals surface area (Å²) in [5.74, 6) is 1.56. The van der Waals surface area contributed by atoms with E-state index in [-0.39, 0.29) is 5.82 Å². The fourth-order valence-electron chi connectivity index (χ4n) is 3.07. The molecule has 3 rings (SSSR count). The molecule has 1 aromatic carbocycles. The van der Waals surface area contributed by atoms with Gasteiger partial charge in [-0.15, -0.1) is 0 Å². The summed E-state index contributed by atoms with van der Waals surface area (Å²) >= 11 is 0. The van der Waals surface area contributed by atoms with Gasteiger partial charge in [-0.2, -0.15) is 0 Å². The van der Waals surface area contributed by atoms with Crippen LogP contribution in [0.1, 0.15) is 37.7 Å². The Morgan fingerprint density at radius 1 is 1.10 bits per heavy atom. The van der Waals surface area contributed by atoms with E-state index in [1.54, 1.807) is 6.07 Å². The molecule has 3 heteroatoms. The normalized spacial score (nSPS) is 20.6. The van der Waals surface area contributed by atoms with Crippen LogP contribution in [0.3, 0.4) is 0 Å². The van der Waals surface area contributed by atoms with Crippen LogP contribution in [0.4, 0.5) is 4.39 Å². The monoisotopic (exact) mass is 277 g/mol. The van der Waals surface area contributed by atoms with E-state index in [0.29, 0.717) is 24.2 Å². The Bertz CT molecular complexity index is 439. The topological polar surface area (TPSA) is 21.3 Å². The van der Waals surface area contributed by atoms with Gasteiger partial charge >= 0.3 is 0 Å². The summed E-state index contributed by atoms with van der Waals surface area (Å²) < 4.78 is 19.6. The number of hydrogen-bond donors (Lipinski definition) is 1. The van der Waals surface area contributed by atoms with Gasteiger partial charge in [0.1, 0.15) is 0 Å². The van der Waals surface area contributed by atoms with Crippen molar-refractivity contribution in [3.8, 4) is 5.75 Å². The van der Waals surface area contributed by atoms with Crippen LogP contribution in [0, 0.1) is 17.7 Å². The SMILES string of the molecule is Fc1cc(CC2CCNCC2)ccc1OCC1CCC1. The van der Waals surface area contributed by atoms with Gasteiger partial charge in [-0.25, -0.2) is 4.39 Å². The first-order chi connectivity index (χ1) is 9.81. The number of hydrogen-bond acceptors (Lipinski definition) is 2. The lowest BCUT2D eigenvalue weighted by Crippen LogP contribution is -2.28. The van der Waals surface area contributed by atoms with E-state index in [1.165, 1.54) is 32.1 Å². The highest BCUT2D eigenvalue weighted by Crippen LogP contribution is 2.28. The zero-order valence-electron chi connectivity index (χ0n) is 12.0. The molecule has 0 amide bonds. The van der Waals surface area contributed by atoms with Crippen molar-refractivity contribution in [2.45, 2.75) is 38.5 Å². The zero-order chi connectivity index (χ0) is 13.8. The van der Waals surface area contributed by atoms with Crippen molar-refractivity contribution in [2.75, 3.05) is 19.7 Å². The van der Waals surface area contributed by atoms with E-state index in [9.17, 15) is 4.39 Å². The molecular weight excluding hydrogens is 253 g/mol. The minimum atomic E-state index is -0.198. The van der Waals surface area contributed by atoms with Crippen LogP contribution in [-0.4, -0.2) is 19.7 Å². The van der Waals surface area contributed by atoms with Crippen LogP contribution < -0.4 is 10.1 Å². The van der Waals surface area contributed by atoms with E-state index in [4.69, 9.17) is 4.74 Å². The van der Waals surface area contributed by atoms with Gasteiger partial charge in [-0.1, -0.05) is 12.5 Å². The van der Waals surface area contributed by atoms with Gasteiger partial charge in [0.15, 0.2) is 11.6 Å². The van der Waals surface area contributed by atoms with E-state index < -0.39 is 0 Å². The molecule has 0 spiro atoms. The molecule has 1 aliphatic heterocycles. The minimum Gasteiger partial charge on any atom is -0.490 e. The Balaban J connectivity index is 1.55. The van der Waals surface area contributed by atoms with Crippen LogP contribution in [0.25, 0.3) is 0 Å². The molecule has 1 heterocycles. The van der Waals surface area contributed by atoms with Crippen molar-refractivity contribution in [3.63, 3.8) is 0 Å². The second-order valence-electron chi connectivity index (χ2n) is 6.27. The standard InChI is InChI=1S/C17H24FNO/c18-16-11-15(10-13-6-8-19-9-7-13)4-5-17(16)20-12-14-2-1-3-14/h4-5,11,13-14,19H,1-3,6-10,12H2. The van der Waals surface area contributed by atoms with Gasteiger partial charge in [-0.05, 0) is 74.7 Å². The molecule has 1 N–H and O–H groups in total. The Labute approximate surface area is 120 Å². The number of nitrogens with one attached hydrogen (secondary N) is 1. The van der Waals surface area contributed by atoms with E-state index in [1.807, 2.05) is 12.1 Å². The van der Waals surface area contributed by atoms with Gasteiger partial charge in [0, 0.05) is 0 Å². The molecule has 0 radical (unpaired) electrons. The summed E-state index contributed by atoms with van der Waals surface area (Å²) in [4.78, 5) is 0. The molecule has 1 saturated heterocycles. The molecule has 1 aromatic rings. The zero-order valence-corrected chi connectivity index (χ0v) is 12.0. The Hall–Kier alpha value is -1.09. The van der Waals surface area contributed by atoms with Gasteiger partial charge in [0.2, 0.25) is 0 Å². The van der Waals surface area contributed by atoms with E-state index in [2.05, 4.69) is 5.32 Å². The highest BCUT2D eigenvalue weighted by atomic mass is 19.1. The first kappa shape index (κ1) is 13.9. The number of ether oxygens (including phenoxy) is 1. The van der Waals surface area contributed by atoms with Crippen molar-refractivity contribution in [3.05, 3.63) is 29.6 Å². The first-order valence-electron chi connectivity index (χ1n) is 7.93. The quantitative estimate of drug-likeness (QED) is 0.888. The average Bonchev–Trinajstić information content (AvgIpc) is 2.40. The van der Waals surface area contributed by atoms with E-state index >= 15 is 0 Å². The van der Waals surface area contributed by atoms with Crippen molar-refractivity contribution < 1.29 is 9.13 Å². The molecule has 0 unspecified atom stereocenters. The van der Waals surface area contributed by atoms with Crippen molar-refractivity contribution in [1.82, 2.24) is 5.32 Å². The number of halogens is 1. The summed E-state index contributed by atoms with van der Waals surface area (Å²) in [6, 6.07) is 5.50. The Morgan fingerprint density at radius 2 is 1.90 bits per heavy atom. The molecule has 2 aliphatic rings. The van der Waals surface area contributed by atoms with Crippen LogP contribution in [-0.2, 0) is 6.42 Å². The maximum Gasteiger partial charge on any atom is 0.165 e. The predicted molar refractivity (Wildman–Crippen MR) is 78.5 cm³/mol. The maximum absolute atomic E-state index is 14.0. The fraction of sp³-hybridized carbons (Fsp3) is 0.647. The lowest BCUT2D eigenvalue weighted by atomic mass is 9.86. The molecular formula is C17H24FNO. The van der Waals surface area contributed by atoms with Crippen molar-refractivity contribution >= 4 is 0 Å². The van der Waals surface area contributed by atoms with Gasteiger partial charge < -0.3 is 10.1 Å². The average molecular weight is 277 g/mol. The Morgan fingerprint density at radius 3 is 2.55 bits per heavy atom. The molecule has 0 aromatic heterocycles. The second-order valence-corrected chi connectivity index (χ2v) is 6.27. The maximum atomic E-state index is 14.0. The fourth-order valence-corrected chi connectivity index (χ4v) is 3.07. The lowest BCUT2D eigenvalue weighted by molar-refractivity contribution is 0.175. The Kier molecular flexibility index (Phi) is 4.56. The molecule has 1 saturated carbocycles. The predicted octanol–water partition coefficient (Wildman–Crippen LogP) is 3.55. The smallest absolute Gasteiger partial charge is 0.165 e. The van der Waals surface area contributed by atoms with Crippen LogP contribution in [0.5, 0.6) is 5.75 Å². The molecule has 2 fully saturated rings. The van der Waals surface area contributed by atoms with Crippen LogP contribution >= 0.6 is 0 Å². The summed E-state index contributed by atoms with van der Waals surface area (Å²) in [7, 11) is 0. The highest BCUT2D eigenvalue weighted by molar-refractivity contribution is 5.29. The summed E-state index contributed by atoms with van der Waals surface area (Å²) in [6.07, 6.45) is 7.14. The minimum absolute atomic E-state index is 0.198. The number of piperidine rings is 1. The highest BCUT2D eigenvalue weighted by Gasteiger charge is 2.19. The third kappa shape index (κ3) is 3.51. The molecule has 1 aliphatic carbocycles. The van der Waals surface area contributed by atoms with E-state index in [0.717, 1.165) is 25.1 Å². The molecule has 0 bridgehead atoms. The van der Waals surface area contributed by atoms with Gasteiger partial charge in [0.25, 0.3) is 0 Å². The molecule has 20 heavy (non-hydrogen) atoms. The molecule has 110 valence electrons. The second kappa shape index (κ2) is 6.57. The largest absolute Gasteiger partial charge is 0.490 e. The van der Waals surface area contributed by atoms with Crippen molar-refractivity contribution in [2.24, 2.45) is 11.8 Å². The van der Waals surface area contributed by atoms with Crippen LogP contribution in [0.15, 0.2) is 18.2 Å². The summed E-state index contributed by atoms with van der Waals surface area (Å²) in [5, 5.41) is 3.37. The first-order valence-corrected chi connectivity index (χ1v) is 7.93.